The van der Waals surface area contributed by atoms with E-state index in [9.17, 15) is 8.42 Å². The molecule has 0 heterocycles. The van der Waals surface area contributed by atoms with Crippen molar-refractivity contribution >= 4 is 31.6 Å². The van der Waals surface area contributed by atoms with Gasteiger partial charge in [-0.1, -0.05) is 43.6 Å². The summed E-state index contributed by atoms with van der Waals surface area (Å²) in [5, 5.41) is 0. The van der Waals surface area contributed by atoms with Gasteiger partial charge in [-0.25, -0.2) is 13.1 Å². The molecule has 0 aliphatic rings. The van der Waals surface area contributed by atoms with E-state index < -0.39 is 10.0 Å². The number of rotatable bonds is 6. The zero-order valence-electron chi connectivity index (χ0n) is 13.3. The lowest BCUT2D eigenvalue weighted by molar-refractivity contribution is 0.289. The summed E-state index contributed by atoms with van der Waals surface area (Å²) in [5.74, 6) is 1.13. The molecule has 0 bridgehead atoms. The minimum atomic E-state index is -3.56. The Morgan fingerprint density at radius 3 is 2.19 bits per heavy atom. The van der Waals surface area contributed by atoms with E-state index >= 15 is 0 Å². The van der Waals surface area contributed by atoms with Crippen molar-refractivity contribution in [3.63, 3.8) is 0 Å². The molecule has 120 valence electrons. The highest BCUT2D eigenvalue weighted by Gasteiger charge is 2.23. The first-order valence-corrected chi connectivity index (χ1v) is 9.39. The second-order valence-electron chi connectivity index (χ2n) is 6.12. The fraction of sp³-hybridized carbons (Fsp3) is 0.600. The lowest BCUT2D eigenvalue weighted by atomic mass is 9.86. The van der Waals surface area contributed by atoms with Gasteiger partial charge in [0.05, 0.1) is 4.90 Å². The quantitative estimate of drug-likeness (QED) is 0.745. The van der Waals surface area contributed by atoms with Crippen LogP contribution < -0.4 is 10.5 Å². The molecule has 0 aliphatic heterocycles. The highest BCUT2D eigenvalue weighted by Crippen LogP contribution is 2.27. The van der Waals surface area contributed by atoms with Gasteiger partial charge in [-0.05, 0) is 42.4 Å². The number of hydrogen-bond donors (Lipinski definition) is 2. The van der Waals surface area contributed by atoms with Gasteiger partial charge in [-0.2, -0.15) is 0 Å². The Bertz CT molecular complexity index is 590. The molecule has 0 aromatic heterocycles. The normalized spacial score (nSPS) is 12.6. The average Bonchev–Trinajstić information content (AvgIpc) is 2.32. The van der Waals surface area contributed by atoms with Gasteiger partial charge in [0, 0.05) is 16.7 Å². The number of sulfonamides is 1. The summed E-state index contributed by atoms with van der Waals surface area (Å²) < 4.78 is 28.4. The van der Waals surface area contributed by atoms with E-state index in [1.807, 2.05) is 0 Å². The van der Waals surface area contributed by atoms with Gasteiger partial charge in [-0.3, -0.25) is 0 Å². The van der Waals surface area contributed by atoms with Crippen molar-refractivity contribution in [1.29, 1.82) is 0 Å². The van der Waals surface area contributed by atoms with Crippen LogP contribution in [-0.4, -0.2) is 15.0 Å². The van der Waals surface area contributed by atoms with Crippen molar-refractivity contribution in [2.45, 2.75) is 39.5 Å². The van der Waals surface area contributed by atoms with E-state index in [0.29, 0.717) is 40.0 Å². The lowest BCUT2D eigenvalue weighted by Gasteiger charge is -2.25. The second kappa shape index (κ2) is 7.11. The first kappa shape index (κ1) is 18.5. The highest BCUT2D eigenvalue weighted by molar-refractivity contribution is 9.10. The van der Waals surface area contributed by atoms with Gasteiger partial charge < -0.3 is 5.73 Å². The summed E-state index contributed by atoms with van der Waals surface area (Å²) in [5.41, 5.74) is 6.89. The molecule has 3 N–H and O–H groups in total. The molecule has 0 unspecified atom stereocenters. The van der Waals surface area contributed by atoms with Crippen molar-refractivity contribution in [3.05, 3.63) is 22.2 Å². The third-order valence-electron chi connectivity index (χ3n) is 3.88. The lowest BCUT2D eigenvalue weighted by Crippen LogP contribution is -2.34. The fourth-order valence-electron chi connectivity index (χ4n) is 2.48. The molecule has 0 spiro atoms. The van der Waals surface area contributed by atoms with Crippen LogP contribution in [0.5, 0.6) is 0 Å². The van der Waals surface area contributed by atoms with Gasteiger partial charge in [0.15, 0.2) is 0 Å². The smallest absolute Gasteiger partial charge is 0.240 e. The fourth-order valence-corrected chi connectivity index (χ4v) is 4.48. The van der Waals surface area contributed by atoms with Crippen molar-refractivity contribution in [1.82, 2.24) is 4.72 Å². The van der Waals surface area contributed by atoms with Crippen LogP contribution in [0.25, 0.3) is 0 Å². The topological polar surface area (TPSA) is 72.2 Å². The van der Waals surface area contributed by atoms with Crippen LogP contribution in [0.15, 0.2) is 21.5 Å². The molecule has 1 aromatic carbocycles. The van der Waals surface area contributed by atoms with Crippen LogP contribution in [0.4, 0.5) is 5.69 Å². The molecule has 0 radical (unpaired) electrons. The molecule has 21 heavy (non-hydrogen) atoms. The van der Waals surface area contributed by atoms with E-state index in [0.717, 1.165) is 0 Å². The first-order chi connectivity index (χ1) is 9.56. The summed E-state index contributed by atoms with van der Waals surface area (Å²) in [6.45, 7) is 10.6. The Kier molecular flexibility index (Phi) is 6.25. The molecule has 0 atom stereocenters. The largest absolute Gasteiger partial charge is 0.398 e. The van der Waals surface area contributed by atoms with E-state index in [4.69, 9.17) is 5.73 Å². The maximum atomic E-state index is 12.5. The van der Waals surface area contributed by atoms with Crippen LogP contribution in [0, 0.1) is 24.7 Å². The summed E-state index contributed by atoms with van der Waals surface area (Å²) in [7, 11) is -3.56. The number of benzene rings is 1. The number of halogens is 1. The van der Waals surface area contributed by atoms with Gasteiger partial charge >= 0.3 is 0 Å². The zero-order valence-corrected chi connectivity index (χ0v) is 15.7. The average molecular weight is 377 g/mol. The molecule has 1 rings (SSSR count). The second-order valence-corrected chi connectivity index (χ2v) is 8.77. The number of anilines is 1. The summed E-state index contributed by atoms with van der Waals surface area (Å²) in [4.78, 5) is 0.237. The molecule has 0 amide bonds. The van der Waals surface area contributed by atoms with E-state index in [2.05, 4.69) is 48.3 Å². The third kappa shape index (κ3) is 4.69. The summed E-state index contributed by atoms with van der Waals surface area (Å²) >= 11 is 3.29. The van der Waals surface area contributed by atoms with Crippen LogP contribution in [-0.2, 0) is 10.0 Å². The Morgan fingerprint density at radius 2 is 1.71 bits per heavy atom. The maximum Gasteiger partial charge on any atom is 0.240 e. The SMILES string of the molecule is Cc1c(N)cc(Br)cc1S(=O)(=O)NCC(C(C)C)C(C)C. The molecule has 0 saturated heterocycles. The van der Waals surface area contributed by atoms with Crippen molar-refractivity contribution in [2.24, 2.45) is 17.8 Å². The molecule has 1 aromatic rings. The molecule has 4 nitrogen and oxygen atoms in total. The van der Waals surface area contributed by atoms with Crippen LogP contribution >= 0.6 is 15.9 Å². The Morgan fingerprint density at radius 1 is 1.19 bits per heavy atom. The number of hydrogen-bond acceptors (Lipinski definition) is 3. The van der Waals surface area contributed by atoms with E-state index in [1.54, 1.807) is 19.1 Å². The van der Waals surface area contributed by atoms with Crippen molar-refractivity contribution in [2.75, 3.05) is 12.3 Å². The van der Waals surface area contributed by atoms with Gasteiger partial charge in [-0.15, -0.1) is 0 Å². The minimum Gasteiger partial charge on any atom is -0.398 e. The maximum absolute atomic E-state index is 12.5. The van der Waals surface area contributed by atoms with Crippen molar-refractivity contribution < 1.29 is 8.42 Å². The first-order valence-electron chi connectivity index (χ1n) is 7.11. The molecule has 0 saturated carbocycles. The summed E-state index contributed by atoms with van der Waals surface area (Å²) in [6, 6.07) is 3.30. The van der Waals surface area contributed by atoms with Crippen LogP contribution in [0.2, 0.25) is 0 Å². The highest BCUT2D eigenvalue weighted by atomic mass is 79.9. The number of nitrogens with two attached hydrogens (primary N) is 1. The summed E-state index contributed by atoms with van der Waals surface area (Å²) in [6.07, 6.45) is 0. The Balaban J connectivity index is 3.03. The van der Waals surface area contributed by atoms with Gasteiger partial charge in [0.2, 0.25) is 10.0 Å². The molecule has 6 heteroatoms. The molecule has 0 fully saturated rings. The monoisotopic (exact) mass is 376 g/mol. The Hall–Kier alpha value is -0.590. The van der Waals surface area contributed by atoms with Gasteiger partial charge in [0.25, 0.3) is 0 Å². The zero-order chi connectivity index (χ0) is 16.4. The predicted molar refractivity (Wildman–Crippen MR) is 91.6 cm³/mol. The standard InChI is InChI=1S/C15H25BrN2O2S/c1-9(2)13(10(3)4)8-18-21(19,20)15-7-12(16)6-14(17)11(15)5/h6-7,9-10,13,18H,8,17H2,1-5H3. The van der Waals surface area contributed by atoms with Crippen LogP contribution in [0.3, 0.4) is 0 Å². The van der Waals surface area contributed by atoms with E-state index in [-0.39, 0.29) is 4.90 Å². The van der Waals surface area contributed by atoms with Crippen LogP contribution in [0.1, 0.15) is 33.3 Å². The third-order valence-corrected chi connectivity index (χ3v) is 5.88. The van der Waals surface area contributed by atoms with Gasteiger partial charge in [0.1, 0.15) is 0 Å². The number of nitrogens with one attached hydrogen (secondary N) is 1. The molecular formula is C15H25BrN2O2S. The predicted octanol–water partition coefficient (Wildman–Crippen LogP) is 3.55. The Labute approximate surface area is 136 Å². The number of nitrogen functional groups attached to an aromatic ring is 1. The molecular weight excluding hydrogens is 352 g/mol. The van der Waals surface area contributed by atoms with E-state index in [1.165, 1.54) is 0 Å². The van der Waals surface area contributed by atoms with Crippen molar-refractivity contribution in [3.8, 4) is 0 Å². The molecule has 0 aliphatic carbocycles. The minimum absolute atomic E-state index is 0.237.